The molecule has 3 nitrogen and oxygen atoms in total. The molecule has 1 aromatic rings. The van der Waals surface area contributed by atoms with Crippen molar-refractivity contribution >= 4 is 11.7 Å². The fraction of sp³-hybridized carbons (Fsp3) is 0.385. The predicted octanol–water partition coefficient (Wildman–Crippen LogP) is 2.03. The number of rotatable bonds is 3. The highest BCUT2D eigenvalue weighted by Crippen LogP contribution is 2.13. The highest BCUT2D eigenvalue weighted by atomic mass is 16.2. The van der Waals surface area contributed by atoms with Crippen LogP contribution in [-0.2, 0) is 4.79 Å². The van der Waals surface area contributed by atoms with Gasteiger partial charge in [-0.2, -0.15) is 0 Å². The van der Waals surface area contributed by atoms with Gasteiger partial charge in [-0.3, -0.25) is 9.59 Å². The zero-order chi connectivity index (χ0) is 12.2. The second-order valence-corrected chi connectivity index (χ2v) is 4.72. The molecule has 0 aliphatic heterocycles. The van der Waals surface area contributed by atoms with Crippen LogP contribution in [0.25, 0.3) is 0 Å². The van der Waals surface area contributed by atoms with E-state index in [1.165, 1.54) is 0 Å². The molecule has 0 aliphatic carbocycles. The lowest BCUT2D eigenvalue weighted by Crippen LogP contribution is -2.35. The average molecular weight is 219 g/mol. The van der Waals surface area contributed by atoms with Crippen molar-refractivity contribution in [3.05, 3.63) is 35.9 Å². The van der Waals surface area contributed by atoms with Crippen molar-refractivity contribution in [3.63, 3.8) is 0 Å². The average Bonchev–Trinajstić information content (AvgIpc) is 2.25. The standard InChI is InChI=1S/C13H17NO2/c1-13(2,3)11(15)9-14-12(16)10-7-5-4-6-8-10/h4-8H,9H2,1-3H3,(H,14,16). The zero-order valence-corrected chi connectivity index (χ0v) is 9.91. The SMILES string of the molecule is CC(C)(C)C(=O)CNC(=O)c1ccccc1. The molecule has 16 heavy (non-hydrogen) atoms. The molecule has 0 spiro atoms. The van der Waals surface area contributed by atoms with E-state index in [1.807, 2.05) is 26.8 Å². The van der Waals surface area contributed by atoms with Gasteiger partial charge >= 0.3 is 0 Å². The molecule has 0 fully saturated rings. The lowest BCUT2D eigenvalue weighted by atomic mass is 9.91. The van der Waals surface area contributed by atoms with Gasteiger partial charge in [0.15, 0.2) is 5.78 Å². The van der Waals surface area contributed by atoms with E-state index in [2.05, 4.69) is 5.32 Å². The minimum Gasteiger partial charge on any atom is -0.345 e. The first kappa shape index (κ1) is 12.4. The van der Waals surface area contributed by atoms with Gasteiger partial charge in [0.25, 0.3) is 5.91 Å². The molecule has 1 amide bonds. The van der Waals surface area contributed by atoms with Crippen LogP contribution < -0.4 is 5.32 Å². The van der Waals surface area contributed by atoms with Crippen LogP contribution in [0.3, 0.4) is 0 Å². The molecule has 0 unspecified atom stereocenters. The topological polar surface area (TPSA) is 46.2 Å². The molecule has 0 heterocycles. The number of nitrogens with one attached hydrogen (secondary N) is 1. The molecular formula is C13H17NO2. The van der Waals surface area contributed by atoms with Crippen LogP contribution in [0, 0.1) is 5.41 Å². The molecule has 0 aliphatic rings. The van der Waals surface area contributed by atoms with Crippen molar-refractivity contribution in [2.24, 2.45) is 5.41 Å². The Hall–Kier alpha value is -1.64. The van der Waals surface area contributed by atoms with Crippen LogP contribution >= 0.6 is 0 Å². The van der Waals surface area contributed by atoms with Crippen LogP contribution in [0.15, 0.2) is 30.3 Å². The summed E-state index contributed by atoms with van der Waals surface area (Å²) < 4.78 is 0. The molecule has 3 heteroatoms. The Morgan fingerprint density at radius 3 is 2.19 bits per heavy atom. The summed E-state index contributed by atoms with van der Waals surface area (Å²) in [6, 6.07) is 8.87. The van der Waals surface area contributed by atoms with Gasteiger partial charge in [-0.25, -0.2) is 0 Å². The maximum absolute atomic E-state index is 11.6. The summed E-state index contributed by atoms with van der Waals surface area (Å²) in [5.74, 6) is -0.185. The minimum absolute atomic E-state index is 0.0248. The number of amides is 1. The van der Waals surface area contributed by atoms with E-state index < -0.39 is 5.41 Å². The Morgan fingerprint density at radius 2 is 1.69 bits per heavy atom. The van der Waals surface area contributed by atoms with E-state index in [4.69, 9.17) is 0 Å². The fourth-order valence-electron chi connectivity index (χ4n) is 1.12. The van der Waals surface area contributed by atoms with Crippen molar-refractivity contribution in [2.45, 2.75) is 20.8 Å². The fourth-order valence-corrected chi connectivity index (χ4v) is 1.12. The third kappa shape index (κ3) is 3.50. The van der Waals surface area contributed by atoms with Crippen LogP contribution in [0.5, 0.6) is 0 Å². The molecule has 86 valence electrons. The van der Waals surface area contributed by atoms with Crippen molar-refractivity contribution in [1.29, 1.82) is 0 Å². The minimum atomic E-state index is -0.413. The van der Waals surface area contributed by atoms with Crippen molar-refractivity contribution in [1.82, 2.24) is 5.32 Å². The third-order valence-electron chi connectivity index (χ3n) is 2.28. The first-order valence-corrected chi connectivity index (χ1v) is 5.28. The van der Waals surface area contributed by atoms with E-state index in [1.54, 1.807) is 24.3 Å². The molecule has 0 saturated carbocycles. The Kier molecular flexibility index (Phi) is 3.82. The summed E-state index contributed by atoms with van der Waals surface area (Å²) in [6.07, 6.45) is 0. The number of carbonyl (C=O) groups excluding carboxylic acids is 2. The number of benzene rings is 1. The Bertz CT molecular complexity index is 377. The second-order valence-electron chi connectivity index (χ2n) is 4.72. The van der Waals surface area contributed by atoms with Gasteiger partial charge in [-0.1, -0.05) is 39.0 Å². The van der Waals surface area contributed by atoms with E-state index in [0.717, 1.165) is 0 Å². The third-order valence-corrected chi connectivity index (χ3v) is 2.28. The lowest BCUT2D eigenvalue weighted by Gasteiger charge is -2.16. The summed E-state index contributed by atoms with van der Waals surface area (Å²) in [7, 11) is 0. The molecule has 1 aromatic carbocycles. The van der Waals surface area contributed by atoms with Crippen LogP contribution in [0.2, 0.25) is 0 Å². The molecule has 0 aromatic heterocycles. The Labute approximate surface area is 95.9 Å². The second kappa shape index (κ2) is 4.92. The number of hydrogen-bond acceptors (Lipinski definition) is 2. The maximum Gasteiger partial charge on any atom is 0.251 e. The van der Waals surface area contributed by atoms with Gasteiger partial charge in [0, 0.05) is 11.0 Å². The molecule has 0 atom stereocenters. The van der Waals surface area contributed by atoms with Crippen molar-refractivity contribution in [3.8, 4) is 0 Å². The van der Waals surface area contributed by atoms with E-state index in [-0.39, 0.29) is 18.2 Å². The summed E-state index contributed by atoms with van der Waals surface area (Å²) in [6.45, 7) is 5.59. The van der Waals surface area contributed by atoms with Gasteiger partial charge in [0.1, 0.15) is 0 Å². The molecular weight excluding hydrogens is 202 g/mol. The summed E-state index contributed by atoms with van der Waals surface area (Å²) in [4.78, 5) is 23.2. The van der Waals surface area contributed by atoms with Crippen LogP contribution in [-0.4, -0.2) is 18.2 Å². The van der Waals surface area contributed by atoms with Gasteiger partial charge in [0.2, 0.25) is 0 Å². The van der Waals surface area contributed by atoms with Crippen molar-refractivity contribution in [2.75, 3.05) is 6.54 Å². The molecule has 0 bridgehead atoms. The highest BCUT2D eigenvalue weighted by Gasteiger charge is 2.21. The van der Waals surface area contributed by atoms with E-state index in [9.17, 15) is 9.59 Å². The molecule has 0 saturated heterocycles. The quantitative estimate of drug-likeness (QED) is 0.845. The van der Waals surface area contributed by atoms with Gasteiger partial charge in [-0.15, -0.1) is 0 Å². The first-order chi connectivity index (χ1) is 7.41. The maximum atomic E-state index is 11.6. The summed E-state index contributed by atoms with van der Waals surface area (Å²) >= 11 is 0. The number of carbonyl (C=O) groups is 2. The van der Waals surface area contributed by atoms with Gasteiger partial charge < -0.3 is 5.32 Å². The van der Waals surface area contributed by atoms with Gasteiger partial charge in [-0.05, 0) is 12.1 Å². The zero-order valence-electron chi connectivity index (χ0n) is 9.91. The van der Waals surface area contributed by atoms with Gasteiger partial charge in [0.05, 0.1) is 6.54 Å². The molecule has 0 radical (unpaired) electrons. The first-order valence-electron chi connectivity index (χ1n) is 5.28. The van der Waals surface area contributed by atoms with Crippen LogP contribution in [0.4, 0.5) is 0 Å². The molecule has 1 rings (SSSR count). The monoisotopic (exact) mass is 219 g/mol. The predicted molar refractivity (Wildman–Crippen MR) is 63.2 cm³/mol. The number of hydrogen-bond donors (Lipinski definition) is 1. The van der Waals surface area contributed by atoms with Crippen molar-refractivity contribution < 1.29 is 9.59 Å². The number of Topliss-reactive ketones (excluding diaryl/α,β-unsaturated/α-hetero) is 1. The lowest BCUT2D eigenvalue weighted by molar-refractivity contribution is -0.125. The Balaban J connectivity index is 2.52. The van der Waals surface area contributed by atoms with E-state index in [0.29, 0.717) is 5.56 Å². The van der Waals surface area contributed by atoms with Crippen LogP contribution in [0.1, 0.15) is 31.1 Å². The normalized spacial score (nSPS) is 10.9. The Morgan fingerprint density at radius 1 is 1.12 bits per heavy atom. The largest absolute Gasteiger partial charge is 0.345 e. The summed E-state index contributed by atoms with van der Waals surface area (Å²) in [5, 5.41) is 2.62. The smallest absolute Gasteiger partial charge is 0.251 e. The summed E-state index contributed by atoms with van der Waals surface area (Å²) in [5.41, 5.74) is 0.161. The van der Waals surface area contributed by atoms with E-state index >= 15 is 0 Å². The molecule has 1 N–H and O–H groups in total. The highest BCUT2D eigenvalue weighted by molar-refractivity contribution is 5.97. The number of ketones is 1.